The van der Waals surface area contributed by atoms with E-state index in [1.807, 2.05) is 24.1 Å². The summed E-state index contributed by atoms with van der Waals surface area (Å²) in [5.41, 5.74) is 7.54. The SMILES string of the molecule is COC(C(N)Cc1cnn(C)c1)C1CCCCC1. The van der Waals surface area contributed by atoms with Gasteiger partial charge in [-0.3, -0.25) is 4.68 Å². The third-order valence-electron chi connectivity index (χ3n) is 4.04. The zero-order valence-corrected chi connectivity index (χ0v) is 11.5. The Balaban J connectivity index is 1.93. The normalized spacial score (nSPS) is 20.8. The highest BCUT2D eigenvalue weighted by molar-refractivity contribution is 5.07. The molecule has 0 radical (unpaired) electrons. The number of hydrogen-bond acceptors (Lipinski definition) is 3. The summed E-state index contributed by atoms with van der Waals surface area (Å²) >= 11 is 0. The number of nitrogens with zero attached hydrogens (tertiary/aromatic N) is 2. The Labute approximate surface area is 110 Å². The zero-order valence-electron chi connectivity index (χ0n) is 11.5. The van der Waals surface area contributed by atoms with E-state index in [2.05, 4.69) is 5.10 Å². The van der Waals surface area contributed by atoms with Crippen molar-refractivity contribution in [2.75, 3.05) is 7.11 Å². The summed E-state index contributed by atoms with van der Waals surface area (Å²) < 4.78 is 7.50. The minimum Gasteiger partial charge on any atom is -0.380 e. The quantitative estimate of drug-likeness (QED) is 0.869. The molecule has 1 aliphatic rings. The number of methoxy groups -OCH3 is 1. The van der Waals surface area contributed by atoms with Gasteiger partial charge in [-0.15, -0.1) is 0 Å². The fourth-order valence-electron chi connectivity index (χ4n) is 3.15. The van der Waals surface area contributed by atoms with Gasteiger partial charge in [0.25, 0.3) is 0 Å². The molecule has 0 aromatic carbocycles. The molecule has 1 fully saturated rings. The van der Waals surface area contributed by atoms with E-state index in [-0.39, 0.29) is 12.1 Å². The first kappa shape index (κ1) is 13.6. The molecule has 0 bridgehead atoms. The molecule has 1 heterocycles. The summed E-state index contributed by atoms with van der Waals surface area (Å²) in [6, 6.07) is 0.0716. The third kappa shape index (κ3) is 3.33. The Bertz CT molecular complexity index is 358. The van der Waals surface area contributed by atoms with Crippen LogP contribution in [-0.2, 0) is 18.2 Å². The van der Waals surface area contributed by atoms with Crippen molar-refractivity contribution < 1.29 is 4.74 Å². The maximum atomic E-state index is 6.34. The highest BCUT2D eigenvalue weighted by Crippen LogP contribution is 2.29. The van der Waals surface area contributed by atoms with Gasteiger partial charge >= 0.3 is 0 Å². The first-order valence-electron chi connectivity index (χ1n) is 6.96. The van der Waals surface area contributed by atoms with Crippen molar-refractivity contribution in [3.8, 4) is 0 Å². The number of rotatable bonds is 5. The lowest BCUT2D eigenvalue weighted by atomic mass is 9.81. The van der Waals surface area contributed by atoms with E-state index in [4.69, 9.17) is 10.5 Å². The van der Waals surface area contributed by atoms with Gasteiger partial charge in [0.05, 0.1) is 12.3 Å². The molecule has 1 aromatic heterocycles. The van der Waals surface area contributed by atoms with Crippen molar-refractivity contribution in [1.82, 2.24) is 9.78 Å². The molecule has 1 aromatic rings. The minimum absolute atomic E-state index is 0.0716. The van der Waals surface area contributed by atoms with Crippen LogP contribution >= 0.6 is 0 Å². The van der Waals surface area contributed by atoms with Crippen LogP contribution in [0.4, 0.5) is 0 Å². The van der Waals surface area contributed by atoms with Crippen molar-refractivity contribution in [2.24, 2.45) is 18.7 Å². The van der Waals surface area contributed by atoms with Crippen molar-refractivity contribution in [1.29, 1.82) is 0 Å². The Kier molecular flexibility index (Phi) is 4.78. The van der Waals surface area contributed by atoms with Gasteiger partial charge in [0.2, 0.25) is 0 Å². The molecule has 2 N–H and O–H groups in total. The summed E-state index contributed by atoms with van der Waals surface area (Å²) in [7, 11) is 3.73. The van der Waals surface area contributed by atoms with Crippen molar-refractivity contribution in [3.05, 3.63) is 18.0 Å². The summed E-state index contributed by atoms with van der Waals surface area (Å²) in [6.07, 6.45) is 11.5. The van der Waals surface area contributed by atoms with Crippen LogP contribution in [-0.4, -0.2) is 29.0 Å². The van der Waals surface area contributed by atoms with E-state index in [1.165, 1.54) is 37.7 Å². The number of nitrogens with two attached hydrogens (primary N) is 1. The van der Waals surface area contributed by atoms with Crippen LogP contribution in [0.5, 0.6) is 0 Å². The van der Waals surface area contributed by atoms with Crippen LogP contribution in [0, 0.1) is 5.92 Å². The number of aryl methyl sites for hydroxylation is 1. The topological polar surface area (TPSA) is 53.1 Å². The van der Waals surface area contributed by atoms with Crippen LogP contribution in [0.2, 0.25) is 0 Å². The first-order chi connectivity index (χ1) is 8.70. The van der Waals surface area contributed by atoms with E-state index < -0.39 is 0 Å². The third-order valence-corrected chi connectivity index (χ3v) is 4.04. The molecule has 18 heavy (non-hydrogen) atoms. The Hall–Kier alpha value is -0.870. The molecule has 0 spiro atoms. The zero-order chi connectivity index (χ0) is 13.0. The van der Waals surface area contributed by atoms with Crippen molar-refractivity contribution in [3.63, 3.8) is 0 Å². The van der Waals surface area contributed by atoms with Crippen molar-refractivity contribution >= 4 is 0 Å². The molecule has 4 heteroatoms. The lowest BCUT2D eigenvalue weighted by Gasteiger charge is -2.33. The Morgan fingerprint density at radius 2 is 2.17 bits per heavy atom. The summed E-state index contributed by atoms with van der Waals surface area (Å²) in [6.45, 7) is 0. The molecular weight excluding hydrogens is 226 g/mol. The monoisotopic (exact) mass is 251 g/mol. The second-order valence-electron chi connectivity index (χ2n) is 5.49. The molecule has 0 saturated heterocycles. The van der Waals surface area contributed by atoms with Gasteiger partial charge in [-0.25, -0.2) is 0 Å². The molecule has 2 unspecified atom stereocenters. The van der Waals surface area contributed by atoms with Gasteiger partial charge < -0.3 is 10.5 Å². The van der Waals surface area contributed by atoms with Crippen LogP contribution < -0.4 is 5.73 Å². The van der Waals surface area contributed by atoms with E-state index in [9.17, 15) is 0 Å². The minimum atomic E-state index is 0.0716. The van der Waals surface area contributed by atoms with Gasteiger partial charge in [0.15, 0.2) is 0 Å². The number of aromatic nitrogens is 2. The Morgan fingerprint density at radius 1 is 1.44 bits per heavy atom. The smallest absolute Gasteiger partial charge is 0.0753 e. The van der Waals surface area contributed by atoms with E-state index in [0.29, 0.717) is 5.92 Å². The van der Waals surface area contributed by atoms with Gasteiger partial charge in [-0.1, -0.05) is 19.3 Å². The fourth-order valence-corrected chi connectivity index (χ4v) is 3.15. The molecule has 2 atom stereocenters. The van der Waals surface area contributed by atoms with Crippen molar-refractivity contribution in [2.45, 2.75) is 50.7 Å². The molecule has 102 valence electrons. The van der Waals surface area contributed by atoms with Crippen LogP contribution in [0.3, 0.4) is 0 Å². The maximum Gasteiger partial charge on any atom is 0.0753 e. The first-order valence-corrected chi connectivity index (χ1v) is 6.96. The highest BCUT2D eigenvalue weighted by atomic mass is 16.5. The average molecular weight is 251 g/mol. The number of hydrogen-bond donors (Lipinski definition) is 1. The highest BCUT2D eigenvalue weighted by Gasteiger charge is 2.28. The van der Waals surface area contributed by atoms with Gasteiger partial charge in [0.1, 0.15) is 0 Å². The standard InChI is InChI=1S/C14H25N3O/c1-17-10-11(9-16-17)8-13(15)14(18-2)12-6-4-3-5-7-12/h9-10,12-14H,3-8,15H2,1-2H3. The maximum absolute atomic E-state index is 6.34. The van der Waals surface area contributed by atoms with E-state index in [1.54, 1.807) is 7.11 Å². The summed E-state index contributed by atoms with van der Waals surface area (Å²) in [5, 5.41) is 4.19. The molecule has 2 rings (SSSR count). The largest absolute Gasteiger partial charge is 0.380 e. The molecule has 1 saturated carbocycles. The molecular formula is C14H25N3O. The van der Waals surface area contributed by atoms with Gasteiger partial charge in [-0.05, 0) is 30.7 Å². The molecule has 0 aliphatic heterocycles. The lowest BCUT2D eigenvalue weighted by Crippen LogP contribution is -2.43. The predicted octanol–water partition coefficient (Wildman–Crippen LogP) is 1.89. The lowest BCUT2D eigenvalue weighted by molar-refractivity contribution is 0.0179. The second kappa shape index (κ2) is 6.34. The summed E-state index contributed by atoms with van der Waals surface area (Å²) in [5.74, 6) is 0.635. The van der Waals surface area contributed by atoms with E-state index in [0.717, 1.165) is 6.42 Å². The van der Waals surface area contributed by atoms with Crippen LogP contribution in [0.1, 0.15) is 37.7 Å². The summed E-state index contributed by atoms with van der Waals surface area (Å²) in [4.78, 5) is 0. The average Bonchev–Trinajstić information content (AvgIpc) is 2.77. The molecule has 1 aliphatic carbocycles. The van der Waals surface area contributed by atoms with Gasteiger partial charge in [0, 0.05) is 26.4 Å². The fraction of sp³-hybridized carbons (Fsp3) is 0.786. The molecule has 4 nitrogen and oxygen atoms in total. The molecule has 0 amide bonds. The predicted molar refractivity (Wildman–Crippen MR) is 72.3 cm³/mol. The van der Waals surface area contributed by atoms with Crippen LogP contribution in [0.15, 0.2) is 12.4 Å². The van der Waals surface area contributed by atoms with Gasteiger partial charge in [-0.2, -0.15) is 5.10 Å². The number of ether oxygens (including phenoxy) is 1. The van der Waals surface area contributed by atoms with E-state index >= 15 is 0 Å². The van der Waals surface area contributed by atoms with Crippen LogP contribution in [0.25, 0.3) is 0 Å². The Morgan fingerprint density at radius 3 is 2.72 bits per heavy atom. The second-order valence-corrected chi connectivity index (χ2v) is 5.49.